The average molecular weight is 379 g/mol. The first-order chi connectivity index (χ1) is 13.5. The molecule has 4 heterocycles. The van der Waals surface area contributed by atoms with E-state index in [4.69, 9.17) is 5.73 Å². The van der Waals surface area contributed by atoms with Crippen molar-refractivity contribution < 1.29 is 9.59 Å². The summed E-state index contributed by atoms with van der Waals surface area (Å²) in [6.07, 6.45) is 3.12. The molecule has 1 fully saturated rings. The maximum Gasteiger partial charge on any atom is 0.254 e. The van der Waals surface area contributed by atoms with E-state index < -0.39 is 6.04 Å². The van der Waals surface area contributed by atoms with Gasteiger partial charge in [-0.15, -0.1) is 5.10 Å². The smallest absolute Gasteiger partial charge is 0.254 e. The molecular formula is C19H21N7O2. The summed E-state index contributed by atoms with van der Waals surface area (Å²) in [4.78, 5) is 37.3. The van der Waals surface area contributed by atoms with Gasteiger partial charge in [0, 0.05) is 32.4 Å². The number of amides is 2. The lowest BCUT2D eigenvalue weighted by Crippen LogP contribution is -2.45. The molecule has 0 unspecified atom stereocenters. The van der Waals surface area contributed by atoms with Gasteiger partial charge in [-0.2, -0.15) is 4.52 Å². The molecule has 3 aromatic rings. The summed E-state index contributed by atoms with van der Waals surface area (Å²) >= 11 is 0. The number of hydrogen-bond donors (Lipinski definition) is 1. The second kappa shape index (κ2) is 6.91. The predicted octanol–water partition coefficient (Wildman–Crippen LogP) is 1.07. The van der Waals surface area contributed by atoms with Crippen LogP contribution < -0.4 is 5.73 Å². The topological polar surface area (TPSA) is 110 Å². The Morgan fingerprint density at radius 2 is 2.07 bits per heavy atom. The van der Waals surface area contributed by atoms with Gasteiger partial charge >= 0.3 is 0 Å². The van der Waals surface area contributed by atoms with Crippen LogP contribution >= 0.6 is 0 Å². The molecule has 1 saturated heterocycles. The summed E-state index contributed by atoms with van der Waals surface area (Å²) in [6, 6.07) is 8.24. The number of carbonyl (C=O) groups is 2. The summed E-state index contributed by atoms with van der Waals surface area (Å²) in [5, 5.41) is 4.38. The molecule has 28 heavy (non-hydrogen) atoms. The van der Waals surface area contributed by atoms with Crippen LogP contribution in [0.2, 0.25) is 0 Å². The van der Waals surface area contributed by atoms with E-state index in [2.05, 4.69) is 15.1 Å². The van der Waals surface area contributed by atoms with Crippen molar-refractivity contribution in [2.24, 2.45) is 0 Å². The summed E-state index contributed by atoms with van der Waals surface area (Å²) in [5.41, 5.74) is 7.59. The van der Waals surface area contributed by atoms with Gasteiger partial charge in [0.1, 0.15) is 17.6 Å². The first-order valence-corrected chi connectivity index (χ1v) is 9.05. The maximum atomic E-state index is 13.1. The highest BCUT2D eigenvalue weighted by Crippen LogP contribution is 2.24. The first-order valence-electron chi connectivity index (χ1n) is 9.05. The van der Waals surface area contributed by atoms with Crippen LogP contribution in [0.5, 0.6) is 0 Å². The SMILES string of the molecule is CN(C)C(=O)[C@@H]1CCCN1C(=O)c1cc(N)n2nc(-c3ccccn3)nc2c1. The third-order valence-corrected chi connectivity index (χ3v) is 4.85. The van der Waals surface area contributed by atoms with Crippen LogP contribution in [0.3, 0.4) is 0 Å². The number of fused-ring (bicyclic) bond motifs is 1. The molecule has 0 saturated carbocycles. The van der Waals surface area contributed by atoms with E-state index in [1.165, 1.54) is 9.42 Å². The lowest BCUT2D eigenvalue weighted by Gasteiger charge is -2.26. The van der Waals surface area contributed by atoms with Crippen molar-refractivity contribution in [1.29, 1.82) is 0 Å². The molecule has 9 nitrogen and oxygen atoms in total. The Balaban J connectivity index is 1.69. The largest absolute Gasteiger partial charge is 0.384 e. The van der Waals surface area contributed by atoms with Gasteiger partial charge in [-0.05, 0) is 37.1 Å². The Labute approximate surface area is 161 Å². The van der Waals surface area contributed by atoms with E-state index in [0.717, 1.165) is 6.42 Å². The molecule has 1 atom stereocenters. The second-order valence-electron chi connectivity index (χ2n) is 6.98. The van der Waals surface area contributed by atoms with Crippen molar-refractivity contribution in [3.63, 3.8) is 0 Å². The fourth-order valence-corrected chi connectivity index (χ4v) is 3.47. The predicted molar refractivity (Wildman–Crippen MR) is 103 cm³/mol. The number of nitrogens with zero attached hydrogens (tertiary/aromatic N) is 6. The summed E-state index contributed by atoms with van der Waals surface area (Å²) in [6.45, 7) is 0.542. The van der Waals surface area contributed by atoms with Gasteiger partial charge in [0.25, 0.3) is 5.91 Å². The Bertz CT molecular complexity index is 1050. The number of aromatic nitrogens is 4. The zero-order chi connectivity index (χ0) is 19.8. The number of nitrogen functional groups attached to an aromatic ring is 1. The van der Waals surface area contributed by atoms with E-state index in [1.54, 1.807) is 43.4 Å². The van der Waals surface area contributed by atoms with Crippen LogP contribution in [0.25, 0.3) is 17.2 Å². The average Bonchev–Trinajstić information content (AvgIpc) is 3.34. The molecule has 1 aliphatic heterocycles. The zero-order valence-corrected chi connectivity index (χ0v) is 15.7. The number of rotatable bonds is 3. The van der Waals surface area contributed by atoms with E-state index in [-0.39, 0.29) is 11.8 Å². The van der Waals surface area contributed by atoms with Crippen molar-refractivity contribution in [3.8, 4) is 11.5 Å². The molecule has 0 spiro atoms. The fraction of sp³-hybridized carbons (Fsp3) is 0.316. The molecular weight excluding hydrogens is 358 g/mol. The van der Waals surface area contributed by atoms with Crippen LogP contribution in [0.15, 0.2) is 36.5 Å². The first kappa shape index (κ1) is 17.9. The Kier molecular flexibility index (Phi) is 4.42. The lowest BCUT2D eigenvalue weighted by atomic mass is 10.1. The Hall–Kier alpha value is -3.49. The minimum atomic E-state index is -0.443. The molecule has 2 amide bonds. The zero-order valence-electron chi connectivity index (χ0n) is 15.7. The molecule has 144 valence electrons. The minimum absolute atomic E-state index is 0.0696. The molecule has 9 heteroatoms. The van der Waals surface area contributed by atoms with Crippen molar-refractivity contribution in [1.82, 2.24) is 29.4 Å². The van der Waals surface area contributed by atoms with Gasteiger partial charge in [0.2, 0.25) is 11.7 Å². The summed E-state index contributed by atoms with van der Waals surface area (Å²) in [7, 11) is 3.39. The van der Waals surface area contributed by atoms with Crippen LogP contribution in [0, 0.1) is 0 Å². The van der Waals surface area contributed by atoms with Gasteiger partial charge in [-0.3, -0.25) is 14.6 Å². The van der Waals surface area contributed by atoms with Gasteiger partial charge in [0.15, 0.2) is 5.65 Å². The highest BCUT2D eigenvalue weighted by Gasteiger charge is 2.35. The van der Waals surface area contributed by atoms with Crippen LogP contribution in [-0.2, 0) is 4.79 Å². The van der Waals surface area contributed by atoms with Gasteiger partial charge < -0.3 is 15.5 Å². The Morgan fingerprint density at radius 1 is 1.25 bits per heavy atom. The number of carbonyl (C=O) groups excluding carboxylic acids is 2. The normalized spacial score (nSPS) is 16.5. The quantitative estimate of drug-likeness (QED) is 0.729. The number of pyridine rings is 2. The second-order valence-corrected chi connectivity index (χ2v) is 6.98. The van der Waals surface area contributed by atoms with E-state index in [0.29, 0.717) is 41.5 Å². The van der Waals surface area contributed by atoms with Crippen LogP contribution in [0.4, 0.5) is 5.82 Å². The molecule has 0 bridgehead atoms. The molecule has 1 aliphatic rings. The van der Waals surface area contributed by atoms with Gasteiger partial charge in [-0.1, -0.05) is 6.07 Å². The van der Waals surface area contributed by atoms with Crippen molar-refractivity contribution in [2.45, 2.75) is 18.9 Å². The van der Waals surface area contributed by atoms with Crippen LogP contribution in [0.1, 0.15) is 23.2 Å². The highest BCUT2D eigenvalue weighted by atomic mass is 16.2. The number of nitrogens with two attached hydrogens (primary N) is 1. The summed E-state index contributed by atoms with van der Waals surface area (Å²) < 4.78 is 1.48. The Morgan fingerprint density at radius 3 is 2.79 bits per heavy atom. The standard InChI is InChI=1S/C19H21N7O2/c1-24(2)19(28)14-7-5-9-25(14)18(27)12-10-15(20)26-16(11-12)22-17(23-26)13-6-3-4-8-21-13/h3-4,6,8,10-11,14H,5,7,9,20H2,1-2H3/t14-/m0/s1. The van der Waals surface area contributed by atoms with E-state index >= 15 is 0 Å². The number of anilines is 1. The molecule has 2 N–H and O–H groups in total. The third kappa shape index (κ3) is 3.04. The van der Waals surface area contributed by atoms with Crippen molar-refractivity contribution in [2.75, 3.05) is 26.4 Å². The molecule has 3 aromatic heterocycles. The van der Waals surface area contributed by atoms with Crippen molar-refractivity contribution in [3.05, 3.63) is 42.1 Å². The minimum Gasteiger partial charge on any atom is -0.384 e. The van der Waals surface area contributed by atoms with E-state index in [1.807, 2.05) is 12.1 Å². The molecule has 0 aromatic carbocycles. The molecule has 0 radical (unpaired) electrons. The number of hydrogen-bond acceptors (Lipinski definition) is 6. The van der Waals surface area contributed by atoms with Gasteiger partial charge in [-0.25, -0.2) is 4.98 Å². The monoisotopic (exact) mass is 379 g/mol. The van der Waals surface area contributed by atoms with E-state index in [9.17, 15) is 9.59 Å². The summed E-state index contributed by atoms with van der Waals surface area (Å²) in [5.74, 6) is 0.429. The maximum absolute atomic E-state index is 13.1. The number of likely N-dealkylation sites (tertiary alicyclic amines) is 1. The number of likely N-dealkylation sites (N-methyl/N-ethyl adjacent to an activating group) is 1. The lowest BCUT2D eigenvalue weighted by molar-refractivity contribution is -0.132. The molecule has 0 aliphatic carbocycles. The third-order valence-electron chi connectivity index (χ3n) is 4.85. The van der Waals surface area contributed by atoms with Crippen LogP contribution in [-0.4, -0.2) is 67.9 Å². The van der Waals surface area contributed by atoms with Gasteiger partial charge in [0.05, 0.1) is 0 Å². The highest BCUT2D eigenvalue weighted by molar-refractivity contribution is 5.99. The fourth-order valence-electron chi connectivity index (χ4n) is 3.47. The molecule has 4 rings (SSSR count). The van der Waals surface area contributed by atoms with Crippen molar-refractivity contribution >= 4 is 23.3 Å².